The minimum Gasteiger partial charge on any atom is -0.494 e. The summed E-state index contributed by atoms with van der Waals surface area (Å²) in [4.78, 5) is 0. The fourth-order valence-electron chi connectivity index (χ4n) is 9.76. The number of hydrogen-bond donors (Lipinski definition) is 0. The van der Waals surface area contributed by atoms with E-state index in [4.69, 9.17) is 33.2 Å². The number of allylic oxidation sites excluding steroid dienone is 2. The molecule has 0 bridgehead atoms. The molecule has 7 nitrogen and oxygen atoms in total. The Labute approximate surface area is 457 Å². The van der Waals surface area contributed by atoms with Gasteiger partial charge in [-0.25, -0.2) is 0 Å². The topological polar surface area (TPSA) is 64.6 Å². The first-order valence-electron chi connectivity index (χ1n) is 32.9. The lowest BCUT2D eigenvalue weighted by Gasteiger charge is -2.26. The Morgan fingerprint density at radius 1 is 0.247 bits per heavy atom. The van der Waals surface area contributed by atoms with Crippen LogP contribution in [0.15, 0.2) is 23.0 Å². The smallest absolute Gasteiger partial charge is 0.162 e. The molecule has 0 saturated heterocycles. The number of hydrogen-bond acceptors (Lipinski definition) is 7. The standard InChI is InChI=1S/C66H130O7/c1-9-17-23-29-31-33-35-37-39-45-53-63(68-55-47-41-25-19-11-3)65(70-57-49-43-27-21-13-5)61(51-15-7)72-59-67-60-73-62(52-16-8)66(71-58-50-44-28-22-14-6)64(69-56-48-42-26-20-12-4)54-46-40-38-36-34-32-30-24-18-10-2/h61-62H,9-60H2,1-8H3. The molecule has 0 aliphatic carbocycles. The van der Waals surface area contributed by atoms with Crippen LogP contribution >= 0.6 is 0 Å². The second-order valence-corrected chi connectivity index (χ2v) is 21.8. The SMILES string of the molecule is CCCCCCCCCCCCC(OCCCCCCC)=C(OCCCCCCC)C(CCC)OCOCOC(CCC)C(OCCCCCCC)=C(CCCCCCCCCCCC)OCCCCCCC. The lowest BCUT2D eigenvalue weighted by Crippen LogP contribution is -2.25. The molecule has 2 atom stereocenters. The summed E-state index contributed by atoms with van der Waals surface area (Å²) in [6.07, 6.45) is 55.6. The minimum absolute atomic E-state index is 0.131. The Hall–Kier alpha value is -1.44. The summed E-state index contributed by atoms with van der Waals surface area (Å²) in [5, 5.41) is 0. The lowest BCUT2D eigenvalue weighted by molar-refractivity contribution is -0.167. The molecule has 0 aromatic heterocycles. The van der Waals surface area contributed by atoms with Crippen LogP contribution in [0.1, 0.15) is 351 Å². The van der Waals surface area contributed by atoms with Crippen LogP contribution in [0.25, 0.3) is 0 Å². The van der Waals surface area contributed by atoms with Crippen molar-refractivity contribution in [1.29, 1.82) is 0 Å². The van der Waals surface area contributed by atoms with E-state index < -0.39 is 0 Å². The second kappa shape index (κ2) is 59.8. The average Bonchev–Trinajstić information content (AvgIpc) is 3.39. The third kappa shape index (κ3) is 46.4. The van der Waals surface area contributed by atoms with Gasteiger partial charge in [0.2, 0.25) is 0 Å². The van der Waals surface area contributed by atoms with E-state index in [-0.39, 0.29) is 25.8 Å². The maximum atomic E-state index is 6.83. The minimum atomic E-state index is -0.227. The molecule has 0 aliphatic heterocycles. The van der Waals surface area contributed by atoms with Gasteiger partial charge in [0.25, 0.3) is 0 Å². The summed E-state index contributed by atoms with van der Waals surface area (Å²) in [7, 11) is 0. The van der Waals surface area contributed by atoms with Gasteiger partial charge in [0.05, 0.1) is 26.4 Å². The third-order valence-corrected chi connectivity index (χ3v) is 14.5. The zero-order valence-electron chi connectivity index (χ0n) is 50.8. The number of rotatable bonds is 62. The highest BCUT2D eigenvalue weighted by Gasteiger charge is 2.25. The second-order valence-electron chi connectivity index (χ2n) is 21.8. The van der Waals surface area contributed by atoms with Crippen molar-refractivity contribution in [1.82, 2.24) is 0 Å². The van der Waals surface area contributed by atoms with Crippen LogP contribution in [0.4, 0.5) is 0 Å². The lowest BCUT2D eigenvalue weighted by atomic mass is 10.0. The van der Waals surface area contributed by atoms with Gasteiger partial charge >= 0.3 is 0 Å². The highest BCUT2D eigenvalue weighted by Crippen LogP contribution is 2.28. The number of ether oxygens (including phenoxy) is 7. The highest BCUT2D eigenvalue weighted by molar-refractivity contribution is 5.09. The van der Waals surface area contributed by atoms with Crippen molar-refractivity contribution in [3.05, 3.63) is 23.0 Å². The molecule has 73 heavy (non-hydrogen) atoms. The van der Waals surface area contributed by atoms with Crippen LogP contribution in [0.3, 0.4) is 0 Å². The van der Waals surface area contributed by atoms with Crippen LogP contribution in [-0.2, 0) is 33.2 Å². The van der Waals surface area contributed by atoms with E-state index in [0.29, 0.717) is 13.2 Å². The monoisotopic (exact) mass is 1030 g/mol. The first kappa shape index (κ1) is 71.6. The normalized spacial score (nSPS) is 13.3. The predicted octanol–water partition coefficient (Wildman–Crippen LogP) is 22.3. The Kier molecular flexibility index (Phi) is 58.6. The number of unbranched alkanes of at least 4 members (excludes halogenated alkanes) is 34. The fourth-order valence-corrected chi connectivity index (χ4v) is 9.76. The summed E-state index contributed by atoms with van der Waals surface area (Å²) in [6, 6.07) is 0. The highest BCUT2D eigenvalue weighted by atomic mass is 16.7. The van der Waals surface area contributed by atoms with Crippen molar-refractivity contribution in [2.75, 3.05) is 40.0 Å². The van der Waals surface area contributed by atoms with Crippen LogP contribution in [0, 0.1) is 0 Å². The van der Waals surface area contributed by atoms with E-state index in [0.717, 1.165) is 113 Å². The zero-order valence-corrected chi connectivity index (χ0v) is 50.8. The molecule has 0 aromatic carbocycles. The van der Waals surface area contributed by atoms with Crippen molar-refractivity contribution in [2.24, 2.45) is 0 Å². The van der Waals surface area contributed by atoms with Crippen molar-refractivity contribution in [3.63, 3.8) is 0 Å². The molecule has 0 N–H and O–H groups in total. The van der Waals surface area contributed by atoms with Gasteiger partial charge in [-0.3, -0.25) is 0 Å². The van der Waals surface area contributed by atoms with E-state index in [1.54, 1.807) is 0 Å². The molecule has 0 amide bonds. The Morgan fingerprint density at radius 2 is 0.479 bits per heavy atom. The summed E-state index contributed by atoms with van der Waals surface area (Å²) in [5.74, 6) is 3.86. The van der Waals surface area contributed by atoms with E-state index in [2.05, 4.69) is 55.4 Å². The largest absolute Gasteiger partial charge is 0.494 e. The molecule has 0 rings (SSSR count). The maximum absolute atomic E-state index is 6.83. The van der Waals surface area contributed by atoms with E-state index in [1.807, 2.05) is 0 Å². The van der Waals surface area contributed by atoms with Gasteiger partial charge in [-0.2, -0.15) is 0 Å². The van der Waals surface area contributed by atoms with Gasteiger partial charge < -0.3 is 33.2 Å². The molecule has 2 unspecified atom stereocenters. The zero-order chi connectivity index (χ0) is 53.2. The van der Waals surface area contributed by atoms with Gasteiger partial charge in [0.1, 0.15) is 23.7 Å². The Bertz CT molecular complexity index is 1050. The molecular weight excluding hydrogens is 905 g/mol. The molecule has 7 heteroatoms. The van der Waals surface area contributed by atoms with E-state index in [9.17, 15) is 0 Å². The molecule has 0 aliphatic rings. The molecule has 0 spiro atoms. The molecular formula is C66H130O7. The molecule has 436 valence electrons. The molecule has 0 saturated carbocycles. The van der Waals surface area contributed by atoms with Crippen molar-refractivity contribution < 1.29 is 33.2 Å². The van der Waals surface area contributed by atoms with Crippen LogP contribution in [0.5, 0.6) is 0 Å². The first-order valence-corrected chi connectivity index (χ1v) is 32.9. The van der Waals surface area contributed by atoms with Crippen LogP contribution in [-0.4, -0.2) is 52.2 Å². The molecule has 0 radical (unpaired) electrons. The van der Waals surface area contributed by atoms with E-state index >= 15 is 0 Å². The summed E-state index contributed by atoms with van der Waals surface area (Å²) < 4.78 is 47.0. The predicted molar refractivity (Wildman–Crippen MR) is 316 cm³/mol. The quantitative estimate of drug-likeness (QED) is 0.0342. The third-order valence-electron chi connectivity index (χ3n) is 14.5. The van der Waals surface area contributed by atoms with Crippen LogP contribution < -0.4 is 0 Å². The maximum Gasteiger partial charge on any atom is 0.162 e. The summed E-state index contributed by atoms with van der Waals surface area (Å²) >= 11 is 0. The van der Waals surface area contributed by atoms with E-state index in [1.165, 1.54) is 218 Å². The molecule has 0 aromatic rings. The molecule has 0 fully saturated rings. The van der Waals surface area contributed by atoms with Gasteiger partial charge in [0.15, 0.2) is 25.1 Å². The van der Waals surface area contributed by atoms with Gasteiger partial charge in [-0.1, -0.05) is 287 Å². The Balaban J connectivity index is 6.34. The van der Waals surface area contributed by atoms with Gasteiger partial charge in [-0.05, 0) is 51.4 Å². The first-order chi connectivity index (χ1) is 36.1. The van der Waals surface area contributed by atoms with Crippen molar-refractivity contribution in [2.45, 2.75) is 363 Å². The average molecular weight is 1040 g/mol. The van der Waals surface area contributed by atoms with Crippen molar-refractivity contribution in [3.8, 4) is 0 Å². The van der Waals surface area contributed by atoms with Crippen LogP contribution in [0.2, 0.25) is 0 Å². The van der Waals surface area contributed by atoms with Gasteiger partial charge in [-0.15, -0.1) is 0 Å². The molecule has 0 heterocycles. The van der Waals surface area contributed by atoms with Gasteiger partial charge in [0, 0.05) is 12.8 Å². The fraction of sp³-hybridized carbons (Fsp3) is 0.939. The van der Waals surface area contributed by atoms with Crippen molar-refractivity contribution >= 4 is 0 Å². The Morgan fingerprint density at radius 3 is 0.740 bits per heavy atom. The summed E-state index contributed by atoms with van der Waals surface area (Å²) in [6.45, 7) is 21.4. The summed E-state index contributed by atoms with van der Waals surface area (Å²) in [5.41, 5.74) is 0.